The van der Waals surface area contributed by atoms with Gasteiger partial charge in [-0.2, -0.15) is 0 Å². The van der Waals surface area contributed by atoms with Crippen LogP contribution >= 0.6 is 0 Å². The van der Waals surface area contributed by atoms with Gasteiger partial charge in [0.1, 0.15) is 16.8 Å². The van der Waals surface area contributed by atoms with Crippen molar-refractivity contribution in [2.75, 3.05) is 19.0 Å². The zero-order valence-electron chi connectivity index (χ0n) is 15.2. The molecule has 0 bridgehead atoms. The molecule has 0 fully saturated rings. The molecule has 134 valence electrons. The molecule has 1 N–H and O–H groups in total. The number of ether oxygens (including phenoxy) is 2. The number of aryl methyl sites for hydroxylation is 1. The smallest absolute Gasteiger partial charge is 0.341 e. The summed E-state index contributed by atoms with van der Waals surface area (Å²) in [7, 11) is 1.61. The van der Waals surface area contributed by atoms with E-state index >= 15 is 0 Å². The number of esters is 1. The monoisotopic (exact) mass is 350 g/mol. The highest BCUT2D eigenvalue weighted by Gasteiger charge is 2.18. The number of rotatable bonds is 6. The summed E-state index contributed by atoms with van der Waals surface area (Å²) in [6, 6.07) is 13.8. The van der Waals surface area contributed by atoms with Gasteiger partial charge >= 0.3 is 5.97 Å². The number of carbonyl (C=O) groups is 1. The van der Waals surface area contributed by atoms with Gasteiger partial charge in [0.05, 0.1) is 19.4 Å². The van der Waals surface area contributed by atoms with Crippen LogP contribution in [0.25, 0.3) is 10.9 Å². The van der Waals surface area contributed by atoms with E-state index in [1.807, 2.05) is 30.3 Å². The molecule has 0 aliphatic heterocycles. The van der Waals surface area contributed by atoms with Gasteiger partial charge < -0.3 is 14.8 Å². The molecule has 0 unspecified atom stereocenters. The van der Waals surface area contributed by atoms with Crippen LogP contribution in [0.15, 0.2) is 48.7 Å². The number of nitrogens with one attached hydrogen (secondary N) is 1. The Hall–Kier alpha value is -3.08. The molecular weight excluding hydrogens is 328 g/mol. The molecule has 3 rings (SSSR count). The fourth-order valence-corrected chi connectivity index (χ4v) is 2.91. The maximum absolute atomic E-state index is 12.4. The summed E-state index contributed by atoms with van der Waals surface area (Å²) in [5, 5.41) is 4.23. The minimum absolute atomic E-state index is 0.312. The first-order valence-corrected chi connectivity index (χ1v) is 8.57. The van der Waals surface area contributed by atoms with E-state index in [1.165, 1.54) is 5.56 Å². The van der Waals surface area contributed by atoms with Crippen LogP contribution in [0.2, 0.25) is 0 Å². The standard InChI is InChI=1S/C21H22N2O3/c1-4-26-21(24)17-13-23-20-16(10-7-11-18(20)25-3)19(17)22-12-15-9-6-5-8-14(15)2/h5-11,13H,4,12H2,1-3H3,(H,22,23). The summed E-state index contributed by atoms with van der Waals surface area (Å²) in [4.78, 5) is 16.8. The normalized spacial score (nSPS) is 10.6. The van der Waals surface area contributed by atoms with Gasteiger partial charge in [-0.3, -0.25) is 4.98 Å². The first-order chi connectivity index (χ1) is 12.7. The Morgan fingerprint density at radius 1 is 1.15 bits per heavy atom. The number of fused-ring (bicyclic) bond motifs is 1. The third-order valence-corrected chi connectivity index (χ3v) is 4.29. The third kappa shape index (κ3) is 3.47. The minimum atomic E-state index is -0.392. The molecule has 0 spiro atoms. The van der Waals surface area contributed by atoms with Gasteiger partial charge in [-0.15, -0.1) is 0 Å². The Morgan fingerprint density at radius 2 is 1.96 bits per heavy atom. The first kappa shape index (κ1) is 17.7. The van der Waals surface area contributed by atoms with Crippen molar-refractivity contribution in [3.63, 3.8) is 0 Å². The lowest BCUT2D eigenvalue weighted by molar-refractivity contribution is 0.0527. The number of anilines is 1. The van der Waals surface area contributed by atoms with Crippen molar-refractivity contribution in [2.45, 2.75) is 20.4 Å². The molecule has 0 aliphatic carbocycles. The van der Waals surface area contributed by atoms with Crippen molar-refractivity contribution >= 4 is 22.6 Å². The number of aromatic nitrogens is 1. The Labute approximate surface area is 153 Å². The lowest BCUT2D eigenvalue weighted by Crippen LogP contribution is -2.11. The molecule has 0 saturated heterocycles. The maximum Gasteiger partial charge on any atom is 0.341 e. The van der Waals surface area contributed by atoms with Crippen LogP contribution < -0.4 is 10.1 Å². The van der Waals surface area contributed by atoms with Gasteiger partial charge in [0.2, 0.25) is 0 Å². The number of hydrogen-bond acceptors (Lipinski definition) is 5. The number of nitrogens with zero attached hydrogens (tertiary/aromatic N) is 1. The highest BCUT2D eigenvalue weighted by atomic mass is 16.5. The predicted octanol–water partition coefficient (Wildman–Crippen LogP) is 4.34. The zero-order chi connectivity index (χ0) is 18.5. The second kappa shape index (κ2) is 7.87. The van der Waals surface area contributed by atoms with E-state index in [1.54, 1.807) is 20.2 Å². The molecule has 5 nitrogen and oxygen atoms in total. The van der Waals surface area contributed by atoms with E-state index in [4.69, 9.17) is 9.47 Å². The topological polar surface area (TPSA) is 60.5 Å². The Kier molecular flexibility index (Phi) is 5.37. The van der Waals surface area contributed by atoms with Crippen LogP contribution in [0.4, 0.5) is 5.69 Å². The second-order valence-corrected chi connectivity index (χ2v) is 5.90. The van der Waals surface area contributed by atoms with Crippen molar-refractivity contribution in [3.05, 3.63) is 65.4 Å². The van der Waals surface area contributed by atoms with E-state index < -0.39 is 5.97 Å². The average Bonchev–Trinajstić information content (AvgIpc) is 2.66. The van der Waals surface area contributed by atoms with E-state index in [-0.39, 0.29) is 0 Å². The zero-order valence-corrected chi connectivity index (χ0v) is 15.2. The van der Waals surface area contributed by atoms with Crippen LogP contribution in [-0.4, -0.2) is 24.7 Å². The highest BCUT2D eigenvalue weighted by molar-refractivity contribution is 6.06. The summed E-state index contributed by atoms with van der Waals surface area (Å²) >= 11 is 0. The molecule has 3 aromatic rings. The first-order valence-electron chi connectivity index (χ1n) is 8.57. The van der Waals surface area contributed by atoms with E-state index in [0.717, 1.165) is 10.9 Å². The average molecular weight is 350 g/mol. The summed E-state index contributed by atoms with van der Waals surface area (Å²) in [6.45, 7) is 4.76. The van der Waals surface area contributed by atoms with Crippen LogP contribution in [0.5, 0.6) is 5.75 Å². The largest absolute Gasteiger partial charge is 0.494 e. The summed E-state index contributed by atoms with van der Waals surface area (Å²) in [6.07, 6.45) is 1.54. The molecule has 1 heterocycles. The minimum Gasteiger partial charge on any atom is -0.494 e. The summed E-state index contributed by atoms with van der Waals surface area (Å²) in [5.74, 6) is 0.272. The third-order valence-electron chi connectivity index (χ3n) is 4.29. The Morgan fingerprint density at radius 3 is 2.69 bits per heavy atom. The van der Waals surface area contributed by atoms with Crippen molar-refractivity contribution < 1.29 is 14.3 Å². The predicted molar refractivity (Wildman–Crippen MR) is 103 cm³/mol. The van der Waals surface area contributed by atoms with Gasteiger partial charge in [-0.05, 0) is 31.0 Å². The molecule has 0 radical (unpaired) electrons. The maximum atomic E-state index is 12.4. The van der Waals surface area contributed by atoms with Crippen molar-refractivity contribution in [3.8, 4) is 5.75 Å². The van der Waals surface area contributed by atoms with Crippen molar-refractivity contribution in [1.29, 1.82) is 0 Å². The van der Waals surface area contributed by atoms with Gasteiger partial charge in [0.15, 0.2) is 0 Å². The van der Waals surface area contributed by atoms with Crippen LogP contribution in [0.1, 0.15) is 28.4 Å². The van der Waals surface area contributed by atoms with Gasteiger partial charge in [-0.25, -0.2) is 4.79 Å². The molecule has 0 saturated carbocycles. The molecular formula is C21H22N2O3. The number of pyridine rings is 1. The van der Waals surface area contributed by atoms with Gasteiger partial charge in [0.25, 0.3) is 0 Å². The van der Waals surface area contributed by atoms with E-state index in [0.29, 0.717) is 35.7 Å². The van der Waals surface area contributed by atoms with Crippen molar-refractivity contribution in [1.82, 2.24) is 4.98 Å². The quantitative estimate of drug-likeness (QED) is 0.670. The number of carbonyl (C=O) groups excluding carboxylic acids is 1. The van der Waals surface area contributed by atoms with Gasteiger partial charge in [-0.1, -0.05) is 36.4 Å². The number of methoxy groups -OCH3 is 1. The van der Waals surface area contributed by atoms with Crippen LogP contribution in [0.3, 0.4) is 0 Å². The number of para-hydroxylation sites is 1. The van der Waals surface area contributed by atoms with Crippen molar-refractivity contribution in [2.24, 2.45) is 0 Å². The van der Waals surface area contributed by atoms with Crippen LogP contribution in [-0.2, 0) is 11.3 Å². The Balaban J connectivity index is 2.08. The molecule has 2 aromatic carbocycles. The van der Waals surface area contributed by atoms with E-state index in [9.17, 15) is 4.79 Å². The highest BCUT2D eigenvalue weighted by Crippen LogP contribution is 2.32. The SMILES string of the molecule is CCOC(=O)c1cnc2c(OC)cccc2c1NCc1ccccc1C. The fraction of sp³-hybridized carbons (Fsp3) is 0.238. The molecule has 0 atom stereocenters. The second-order valence-electron chi connectivity index (χ2n) is 5.90. The molecule has 0 amide bonds. The summed E-state index contributed by atoms with van der Waals surface area (Å²) < 4.78 is 10.6. The molecule has 26 heavy (non-hydrogen) atoms. The van der Waals surface area contributed by atoms with Crippen LogP contribution in [0, 0.1) is 6.92 Å². The number of benzene rings is 2. The Bertz CT molecular complexity index is 938. The van der Waals surface area contributed by atoms with E-state index in [2.05, 4.69) is 29.4 Å². The van der Waals surface area contributed by atoms with Gasteiger partial charge in [0, 0.05) is 18.1 Å². The fourth-order valence-electron chi connectivity index (χ4n) is 2.91. The molecule has 1 aromatic heterocycles. The lowest BCUT2D eigenvalue weighted by Gasteiger charge is -2.16. The summed E-state index contributed by atoms with van der Waals surface area (Å²) in [5.41, 5.74) is 4.18. The molecule has 5 heteroatoms. The molecule has 0 aliphatic rings. The lowest BCUT2D eigenvalue weighted by atomic mass is 10.1. The number of hydrogen-bond donors (Lipinski definition) is 1.